The molecule has 1 spiro atoms. The summed E-state index contributed by atoms with van der Waals surface area (Å²) in [6.45, 7) is 6.49. The predicted octanol–water partition coefficient (Wildman–Crippen LogP) is 3.09. The standard InChI is InChI=1S/C34H42N6O7Si/c1-22-31(48(3,4)45)29(14-17-38-21-24(15-18-41)36-37-38)47-34(22)27-19-25(40-32(43)26-10-6-5-9-23(26)20-35-40)12-13-28(27)39(33(34)44)16-8-7-11-30(42)46-2/h5-6,9-10,12-13,19-22,29,31,41,45H,7-8,11,14-18H2,1-4H3/t22-,29+,31-,34+/m0/s1. The van der Waals surface area contributed by atoms with E-state index >= 15 is 0 Å². The maximum Gasteiger partial charge on any atom is 0.305 e. The summed E-state index contributed by atoms with van der Waals surface area (Å²) >= 11 is 0. The van der Waals surface area contributed by atoms with Gasteiger partial charge < -0.3 is 24.3 Å². The highest BCUT2D eigenvalue weighted by molar-refractivity contribution is 6.71. The molecule has 6 rings (SSSR count). The average molecular weight is 675 g/mol. The van der Waals surface area contributed by atoms with Gasteiger partial charge in [-0.1, -0.05) is 30.3 Å². The molecule has 1 fully saturated rings. The SMILES string of the molecule is COC(=O)CCCCN1C(=O)[C@]2(O[C@H](CCn3cc(CCO)nn3)[C@@H]([Si](C)(C)O)[C@@H]2C)c2cc(-n3ncc4ccccc4c3=O)ccc21. The summed E-state index contributed by atoms with van der Waals surface area (Å²) in [6, 6.07) is 12.7. The van der Waals surface area contributed by atoms with Crippen LogP contribution in [0.25, 0.3) is 16.5 Å². The number of fused-ring (bicyclic) bond motifs is 3. The summed E-state index contributed by atoms with van der Waals surface area (Å²) in [6.07, 6.45) is 5.19. The Kier molecular flexibility index (Phi) is 9.35. The van der Waals surface area contributed by atoms with Crippen molar-refractivity contribution >= 4 is 36.7 Å². The number of aliphatic hydroxyl groups excluding tert-OH is 1. The van der Waals surface area contributed by atoms with Crippen LogP contribution in [0.1, 0.15) is 43.9 Å². The van der Waals surface area contributed by atoms with E-state index in [2.05, 4.69) is 15.4 Å². The smallest absolute Gasteiger partial charge is 0.305 e. The number of anilines is 1. The number of aliphatic hydroxyl groups is 1. The molecular formula is C34H42N6O7Si. The Morgan fingerprint density at radius 2 is 1.92 bits per heavy atom. The molecule has 48 heavy (non-hydrogen) atoms. The van der Waals surface area contributed by atoms with E-state index in [0.717, 1.165) is 5.39 Å². The van der Waals surface area contributed by atoms with Crippen LogP contribution in [0, 0.1) is 5.92 Å². The first-order valence-corrected chi connectivity index (χ1v) is 19.4. The molecule has 0 radical (unpaired) electrons. The second-order valence-corrected chi connectivity index (χ2v) is 17.2. The zero-order valence-corrected chi connectivity index (χ0v) is 28.7. The minimum atomic E-state index is -2.92. The Hall–Kier alpha value is -4.24. The third-order valence-electron chi connectivity index (χ3n) is 9.74. The topological polar surface area (TPSA) is 162 Å². The first kappa shape index (κ1) is 33.7. The Bertz CT molecular complexity index is 1890. The molecule has 254 valence electrons. The van der Waals surface area contributed by atoms with Gasteiger partial charge in [0.1, 0.15) is 0 Å². The molecule has 2 aliphatic rings. The molecule has 14 heteroatoms. The van der Waals surface area contributed by atoms with Gasteiger partial charge in [0.05, 0.1) is 41.9 Å². The van der Waals surface area contributed by atoms with E-state index in [9.17, 15) is 24.3 Å². The van der Waals surface area contributed by atoms with Gasteiger partial charge in [-0.15, -0.1) is 5.10 Å². The fraction of sp³-hybridized carbons (Fsp3) is 0.471. The van der Waals surface area contributed by atoms with Crippen LogP contribution in [-0.2, 0) is 37.6 Å². The van der Waals surface area contributed by atoms with Crippen LogP contribution in [0.3, 0.4) is 0 Å². The number of hydrogen-bond acceptors (Lipinski definition) is 10. The number of hydrogen-bond donors (Lipinski definition) is 2. The van der Waals surface area contributed by atoms with Crippen LogP contribution in [0.5, 0.6) is 0 Å². The van der Waals surface area contributed by atoms with Crippen LogP contribution in [-0.4, -0.2) is 81.2 Å². The van der Waals surface area contributed by atoms with Crippen molar-refractivity contribution in [2.45, 2.75) is 75.9 Å². The number of nitrogens with zero attached hydrogens (tertiary/aromatic N) is 6. The van der Waals surface area contributed by atoms with E-state index < -0.39 is 25.9 Å². The number of methoxy groups -OCH3 is 1. The van der Waals surface area contributed by atoms with Gasteiger partial charge in [0.25, 0.3) is 11.5 Å². The number of rotatable bonds is 12. The zero-order valence-electron chi connectivity index (χ0n) is 27.7. The van der Waals surface area contributed by atoms with E-state index in [-0.39, 0.29) is 36.0 Å². The molecule has 0 aliphatic carbocycles. The van der Waals surface area contributed by atoms with Gasteiger partial charge in [0.15, 0.2) is 13.9 Å². The fourth-order valence-corrected chi connectivity index (χ4v) is 10.1. The van der Waals surface area contributed by atoms with Crippen LogP contribution >= 0.6 is 0 Å². The third kappa shape index (κ3) is 5.97. The molecule has 0 saturated carbocycles. The number of aromatic nitrogens is 5. The van der Waals surface area contributed by atoms with E-state index in [1.807, 2.05) is 50.3 Å². The molecule has 1 amide bonds. The Labute approximate surface area is 279 Å². The van der Waals surface area contributed by atoms with Gasteiger partial charge in [-0.25, -0.2) is 0 Å². The molecule has 4 heterocycles. The monoisotopic (exact) mass is 674 g/mol. The lowest BCUT2D eigenvalue weighted by Crippen LogP contribution is -2.46. The summed E-state index contributed by atoms with van der Waals surface area (Å²) in [4.78, 5) is 53.5. The van der Waals surface area contributed by atoms with Crippen LogP contribution in [0.15, 0.2) is 59.7 Å². The van der Waals surface area contributed by atoms with Gasteiger partial charge >= 0.3 is 5.97 Å². The number of carbonyl (C=O) groups excluding carboxylic acids is 2. The predicted molar refractivity (Wildman–Crippen MR) is 180 cm³/mol. The molecule has 2 aliphatic heterocycles. The minimum Gasteiger partial charge on any atom is -0.469 e. The van der Waals surface area contributed by atoms with Crippen molar-refractivity contribution in [1.82, 2.24) is 24.8 Å². The van der Waals surface area contributed by atoms with Gasteiger partial charge in [-0.05, 0) is 56.6 Å². The van der Waals surface area contributed by atoms with E-state index in [1.165, 1.54) is 11.8 Å². The van der Waals surface area contributed by atoms with Crippen LogP contribution in [0.2, 0.25) is 18.6 Å². The molecule has 4 aromatic rings. The van der Waals surface area contributed by atoms with Crippen molar-refractivity contribution in [3.05, 3.63) is 76.5 Å². The first-order chi connectivity index (χ1) is 23.0. The van der Waals surface area contributed by atoms with Crippen molar-refractivity contribution in [2.75, 3.05) is 25.2 Å². The molecule has 0 unspecified atom stereocenters. The summed E-state index contributed by atoms with van der Waals surface area (Å²) in [5, 5.41) is 23.3. The lowest BCUT2D eigenvalue weighted by molar-refractivity contribution is -0.146. The lowest BCUT2D eigenvalue weighted by atomic mass is 9.82. The summed E-state index contributed by atoms with van der Waals surface area (Å²) < 4.78 is 14.8. The maximum atomic E-state index is 14.7. The van der Waals surface area contributed by atoms with Gasteiger partial charge in [-0.3, -0.25) is 19.1 Å². The number of amides is 1. The number of unbranched alkanes of at least 4 members (excludes halogenated alkanes) is 1. The van der Waals surface area contributed by atoms with Crippen molar-refractivity contribution in [3.8, 4) is 5.69 Å². The number of aryl methyl sites for hydroxylation is 1. The highest BCUT2D eigenvalue weighted by Crippen LogP contribution is 2.59. The fourth-order valence-electron chi connectivity index (χ4n) is 7.54. The molecule has 2 N–H and O–H groups in total. The van der Waals surface area contributed by atoms with Crippen molar-refractivity contribution in [3.63, 3.8) is 0 Å². The van der Waals surface area contributed by atoms with E-state index in [0.29, 0.717) is 66.8 Å². The van der Waals surface area contributed by atoms with Gasteiger partial charge in [0, 0.05) is 61.1 Å². The maximum absolute atomic E-state index is 14.7. The molecule has 2 aromatic heterocycles. The summed E-state index contributed by atoms with van der Waals surface area (Å²) in [5.74, 6) is -0.935. The molecular weight excluding hydrogens is 632 g/mol. The lowest BCUT2D eigenvalue weighted by Gasteiger charge is -2.32. The number of benzene rings is 2. The highest BCUT2D eigenvalue weighted by atomic mass is 28.4. The van der Waals surface area contributed by atoms with Crippen molar-refractivity contribution in [1.29, 1.82) is 0 Å². The Morgan fingerprint density at radius 1 is 1.12 bits per heavy atom. The highest BCUT2D eigenvalue weighted by Gasteiger charge is 2.66. The summed E-state index contributed by atoms with van der Waals surface area (Å²) in [7, 11) is -1.57. The largest absolute Gasteiger partial charge is 0.469 e. The number of carbonyl (C=O) groups is 2. The van der Waals surface area contributed by atoms with Crippen LogP contribution < -0.4 is 10.5 Å². The van der Waals surface area contributed by atoms with E-state index in [1.54, 1.807) is 34.1 Å². The number of ether oxygens (including phenoxy) is 2. The third-order valence-corrected chi connectivity index (χ3v) is 12.2. The Balaban J connectivity index is 1.40. The van der Waals surface area contributed by atoms with Gasteiger partial charge in [-0.2, -0.15) is 9.78 Å². The summed E-state index contributed by atoms with van der Waals surface area (Å²) in [5.41, 5.74) is 0.475. The average Bonchev–Trinajstić information content (AvgIpc) is 3.71. The zero-order chi connectivity index (χ0) is 34.2. The molecule has 4 atom stereocenters. The van der Waals surface area contributed by atoms with Crippen LogP contribution in [0.4, 0.5) is 5.69 Å². The van der Waals surface area contributed by atoms with Crippen molar-refractivity contribution < 1.29 is 29.0 Å². The molecule has 2 aromatic carbocycles. The molecule has 13 nitrogen and oxygen atoms in total. The van der Waals surface area contributed by atoms with E-state index in [4.69, 9.17) is 9.47 Å². The van der Waals surface area contributed by atoms with Crippen molar-refractivity contribution in [2.24, 2.45) is 5.92 Å². The second-order valence-electron chi connectivity index (χ2n) is 13.2. The van der Waals surface area contributed by atoms with Gasteiger partial charge in [0.2, 0.25) is 0 Å². The molecule has 0 bridgehead atoms. The second kappa shape index (κ2) is 13.3. The quantitative estimate of drug-likeness (QED) is 0.130. The number of esters is 1. The normalized spacial score (nSPS) is 22.2. The first-order valence-electron chi connectivity index (χ1n) is 16.4. The Morgan fingerprint density at radius 3 is 2.67 bits per heavy atom. The molecule has 1 saturated heterocycles. The minimum absolute atomic E-state index is 0.0274.